The van der Waals surface area contributed by atoms with Crippen molar-refractivity contribution in [3.63, 3.8) is 0 Å². The van der Waals surface area contributed by atoms with Crippen LogP contribution in [0.4, 0.5) is 0 Å². The normalized spacial score (nSPS) is 20.4. The largest absolute Gasteiger partial charge is 0.334 e. The van der Waals surface area contributed by atoms with Gasteiger partial charge in [-0.15, -0.1) is 11.8 Å². The van der Waals surface area contributed by atoms with Gasteiger partial charge in [0, 0.05) is 7.05 Å². The molecule has 1 fully saturated rings. The van der Waals surface area contributed by atoms with Crippen LogP contribution in [0.2, 0.25) is 0 Å². The number of rotatable bonds is 0. The molecule has 0 amide bonds. The molecule has 0 aromatic rings. The maximum atomic E-state index is 4.96. The molecule has 1 aliphatic heterocycles. The lowest BCUT2D eigenvalue weighted by molar-refractivity contribution is 0.697. The van der Waals surface area contributed by atoms with Crippen molar-refractivity contribution in [1.82, 2.24) is 4.90 Å². The van der Waals surface area contributed by atoms with Crippen LogP contribution in [-0.2, 0) is 0 Å². The monoisotopic (exact) mass is 145 g/mol. The first-order chi connectivity index (χ1) is 3.72. The minimum atomic E-state index is 0.935. The number of thioether (sulfide) groups is 1. The average molecular weight is 145 g/mol. The first-order valence-corrected chi connectivity index (χ1v) is 3.69. The molecular weight excluding hydrogens is 138 g/mol. The minimum Gasteiger partial charge on any atom is -0.334 e. The van der Waals surface area contributed by atoms with Gasteiger partial charge < -0.3 is 4.90 Å². The summed E-state index contributed by atoms with van der Waals surface area (Å²) < 4.78 is 0. The predicted molar refractivity (Wildman–Crippen MR) is 42.0 cm³/mol. The van der Waals surface area contributed by atoms with E-state index in [9.17, 15) is 0 Å². The van der Waals surface area contributed by atoms with Crippen LogP contribution in [0.3, 0.4) is 0 Å². The topological polar surface area (TPSA) is 3.24 Å². The Hall–Kier alpha value is -0.0200. The van der Waals surface area contributed by atoms with Crippen molar-refractivity contribution in [1.29, 1.82) is 0 Å². The van der Waals surface area contributed by atoms with E-state index in [4.69, 9.17) is 12.2 Å². The van der Waals surface area contributed by atoms with E-state index in [2.05, 4.69) is 6.58 Å². The molecule has 1 saturated heterocycles. The quantitative estimate of drug-likeness (QED) is 0.475. The van der Waals surface area contributed by atoms with E-state index in [-0.39, 0.29) is 0 Å². The first kappa shape index (κ1) is 6.11. The lowest BCUT2D eigenvalue weighted by Gasteiger charge is -2.08. The Kier molecular flexibility index (Phi) is 1.58. The average Bonchev–Trinajstić information content (AvgIpc) is 1.98. The van der Waals surface area contributed by atoms with Crippen molar-refractivity contribution in [3.05, 3.63) is 11.6 Å². The van der Waals surface area contributed by atoms with Gasteiger partial charge in [0.25, 0.3) is 0 Å². The van der Waals surface area contributed by atoms with Gasteiger partial charge in [0.2, 0.25) is 0 Å². The maximum absolute atomic E-state index is 4.96. The number of thiocarbonyl (C=S) groups is 1. The first-order valence-electron chi connectivity index (χ1n) is 2.30. The van der Waals surface area contributed by atoms with Crippen LogP contribution in [0, 0.1) is 0 Å². The van der Waals surface area contributed by atoms with Crippen molar-refractivity contribution in [3.8, 4) is 0 Å². The van der Waals surface area contributed by atoms with Crippen molar-refractivity contribution >= 4 is 29.0 Å². The number of nitrogens with zero attached hydrogens (tertiary/aromatic N) is 1. The Morgan fingerprint density at radius 1 is 1.88 bits per heavy atom. The van der Waals surface area contributed by atoms with Gasteiger partial charge in [-0.3, -0.25) is 0 Å². The van der Waals surface area contributed by atoms with Crippen LogP contribution in [0.15, 0.2) is 11.6 Å². The molecule has 44 valence electrons. The Morgan fingerprint density at radius 2 is 2.50 bits per heavy atom. The fourth-order valence-corrected chi connectivity index (χ4v) is 1.61. The van der Waals surface area contributed by atoms with Crippen LogP contribution in [0.25, 0.3) is 0 Å². The van der Waals surface area contributed by atoms with E-state index < -0.39 is 0 Å². The summed E-state index contributed by atoms with van der Waals surface area (Å²) >= 11 is 6.67. The molecule has 1 heterocycles. The van der Waals surface area contributed by atoms with Gasteiger partial charge in [-0.2, -0.15) is 0 Å². The summed E-state index contributed by atoms with van der Waals surface area (Å²) in [4.78, 5) is 2.93. The second kappa shape index (κ2) is 2.07. The minimum absolute atomic E-state index is 0.935. The Balaban J connectivity index is 2.70. The van der Waals surface area contributed by atoms with Gasteiger partial charge in [0.05, 0.1) is 15.8 Å². The molecule has 0 saturated carbocycles. The highest BCUT2D eigenvalue weighted by molar-refractivity contribution is 8.05. The summed E-state index contributed by atoms with van der Waals surface area (Å²) in [6.45, 7) is 3.79. The zero-order chi connectivity index (χ0) is 6.15. The van der Waals surface area contributed by atoms with Crippen LogP contribution in [0.5, 0.6) is 0 Å². The molecule has 0 unspecified atom stereocenters. The zero-order valence-electron chi connectivity index (χ0n) is 4.68. The smallest absolute Gasteiger partial charge is 0.0929 e. The lowest BCUT2D eigenvalue weighted by atomic mass is 10.6. The summed E-state index contributed by atoms with van der Waals surface area (Å²) in [5.74, 6) is 0.935. The summed E-state index contributed by atoms with van der Waals surface area (Å²) in [5.41, 5.74) is 0. The zero-order valence-corrected chi connectivity index (χ0v) is 6.31. The molecule has 0 N–H and O–H groups in total. The third-order valence-corrected chi connectivity index (χ3v) is 2.74. The van der Waals surface area contributed by atoms with Gasteiger partial charge in [0.15, 0.2) is 0 Å². The van der Waals surface area contributed by atoms with Crippen molar-refractivity contribution in [2.45, 2.75) is 0 Å². The molecule has 0 aliphatic carbocycles. The summed E-state index contributed by atoms with van der Waals surface area (Å²) in [7, 11) is 1.95. The van der Waals surface area contributed by atoms with Crippen molar-refractivity contribution in [2.24, 2.45) is 0 Å². The second-order valence-electron chi connectivity index (χ2n) is 1.64. The molecule has 0 spiro atoms. The van der Waals surface area contributed by atoms with Gasteiger partial charge >= 0.3 is 0 Å². The molecule has 1 aliphatic rings. The van der Waals surface area contributed by atoms with Crippen LogP contribution in [0.1, 0.15) is 0 Å². The van der Waals surface area contributed by atoms with Crippen molar-refractivity contribution in [2.75, 3.05) is 12.8 Å². The second-order valence-corrected chi connectivity index (χ2v) is 3.16. The van der Waals surface area contributed by atoms with Gasteiger partial charge in [-0.25, -0.2) is 0 Å². The maximum Gasteiger partial charge on any atom is 0.0929 e. The number of hydrogen-bond donors (Lipinski definition) is 0. The molecule has 1 nitrogen and oxygen atoms in total. The van der Waals surface area contributed by atoms with Gasteiger partial charge in [-0.1, -0.05) is 18.8 Å². The van der Waals surface area contributed by atoms with Crippen molar-refractivity contribution < 1.29 is 0 Å². The van der Waals surface area contributed by atoms with E-state index in [0.29, 0.717) is 0 Å². The predicted octanol–water partition coefficient (Wildman–Crippen LogP) is 1.46. The fourth-order valence-electron chi connectivity index (χ4n) is 0.478. The van der Waals surface area contributed by atoms with E-state index in [0.717, 1.165) is 15.8 Å². The number of hydrogen-bond acceptors (Lipinski definition) is 2. The molecule has 3 heteroatoms. The van der Waals surface area contributed by atoms with Gasteiger partial charge in [-0.05, 0) is 0 Å². The Labute approximate surface area is 58.7 Å². The molecule has 0 atom stereocenters. The fraction of sp³-hybridized carbons (Fsp3) is 0.400. The molecule has 0 bridgehead atoms. The standard InChI is InChI=1S/C5H7NS2/c1-4-6(2)5(7)3-8-4/h1,3H2,2H3. The van der Waals surface area contributed by atoms with Crippen LogP contribution >= 0.6 is 24.0 Å². The molecule has 0 radical (unpaired) electrons. The summed E-state index contributed by atoms with van der Waals surface area (Å²) in [5, 5.41) is 1.06. The molecular formula is C5H7NS2. The van der Waals surface area contributed by atoms with Crippen LogP contribution in [-0.4, -0.2) is 22.7 Å². The molecule has 1 rings (SSSR count). The molecule has 0 aromatic heterocycles. The SMILES string of the molecule is C=C1SCC(=S)N1C. The van der Waals surface area contributed by atoms with E-state index in [1.54, 1.807) is 11.8 Å². The highest BCUT2D eigenvalue weighted by Gasteiger charge is 2.15. The summed E-state index contributed by atoms with van der Waals surface area (Å²) in [6.07, 6.45) is 0. The summed E-state index contributed by atoms with van der Waals surface area (Å²) in [6, 6.07) is 0. The molecule has 0 aromatic carbocycles. The highest BCUT2D eigenvalue weighted by atomic mass is 32.2. The molecule has 8 heavy (non-hydrogen) atoms. The van der Waals surface area contributed by atoms with Crippen LogP contribution < -0.4 is 0 Å². The Bertz CT molecular complexity index is 125. The van der Waals surface area contributed by atoms with E-state index >= 15 is 0 Å². The third-order valence-electron chi connectivity index (χ3n) is 1.11. The third kappa shape index (κ3) is 0.880. The Morgan fingerprint density at radius 3 is 2.62 bits per heavy atom. The van der Waals surface area contributed by atoms with E-state index in [1.165, 1.54) is 0 Å². The lowest BCUT2D eigenvalue weighted by Crippen LogP contribution is -2.15. The highest BCUT2D eigenvalue weighted by Crippen LogP contribution is 2.25. The van der Waals surface area contributed by atoms with Gasteiger partial charge in [0.1, 0.15) is 0 Å². The van der Waals surface area contributed by atoms with E-state index in [1.807, 2.05) is 11.9 Å².